The van der Waals surface area contributed by atoms with Crippen LogP contribution in [0.3, 0.4) is 0 Å². The Labute approximate surface area is 228 Å². The van der Waals surface area contributed by atoms with Gasteiger partial charge in [-0.2, -0.15) is 0 Å². The Balaban J connectivity index is 1.89. The minimum absolute atomic E-state index is 0.0213. The predicted octanol–water partition coefficient (Wildman–Crippen LogP) is 4.05. The van der Waals surface area contributed by atoms with Crippen molar-refractivity contribution in [2.45, 2.75) is 51.4 Å². The summed E-state index contributed by atoms with van der Waals surface area (Å²) in [7, 11) is 1.49. The molecule has 0 aliphatic rings. The van der Waals surface area contributed by atoms with Crippen molar-refractivity contribution in [3.05, 3.63) is 95.6 Å². The predicted molar refractivity (Wildman–Crippen MR) is 147 cm³/mol. The topological polar surface area (TPSA) is 128 Å². The van der Waals surface area contributed by atoms with Crippen molar-refractivity contribution in [1.82, 2.24) is 15.5 Å². The molecule has 0 saturated heterocycles. The zero-order chi connectivity index (χ0) is 28.6. The van der Waals surface area contributed by atoms with Gasteiger partial charge in [-0.05, 0) is 61.7 Å². The molecule has 9 heteroatoms. The molecule has 0 radical (unpaired) electrons. The highest BCUT2D eigenvalue weighted by Gasteiger charge is 2.34. The van der Waals surface area contributed by atoms with Crippen LogP contribution >= 0.6 is 0 Å². The van der Waals surface area contributed by atoms with E-state index in [1.54, 1.807) is 45.0 Å². The molecule has 0 saturated carbocycles. The highest BCUT2D eigenvalue weighted by atomic mass is 16.6. The van der Waals surface area contributed by atoms with E-state index in [1.165, 1.54) is 36.2 Å². The van der Waals surface area contributed by atoms with Gasteiger partial charge in [0.05, 0.1) is 0 Å². The van der Waals surface area contributed by atoms with Gasteiger partial charge >= 0.3 is 6.09 Å². The van der Waals surface area contributed by atoms with Gasteiger partial charge in [-0.25, -0.2) is 4.79 Å². The van der Waals surface area contributed by atoms with E-state index < -0.39 is 35.6 Å². The van der Waals surface area contributed by atoms with Crippen LogP contribution < -0.4 is 10.6 Å². The molecule has 0 bridgehead atoms. The first-order valence-corrected chi connectivity index (χ1v) is 12.6. The quantitative estimate of drug-likeness (QED) is 0.329. The Morgan fingerprint density at radius 2 is 1.41 bits per heavy atom. The lowest BCUT2D eigenvalue weighted by molar-refractivity contribution is -0.140. The molecule has 3 rings (SSSR count). The van der Waals surface area contributed by atoms with Gasteiger partial charge in [0.15, 0.2) is 0 Å². The number of nitrogens with one attached hydrogen (secondary N) is 2. The summed E-state index contributed by atoms with van der Waals surface area (Å²) in [5.41, 5.74) is 1.27. The number of amides is 3. The number of hydrogen-bond acceptors (Lipinski definition) is 6. The Morgan fingerprint density at radius 3 is 1.97 bits per heavy atom. The molecule has 0 heterocycles. The number of alkyl carbamates (subject to hydrolysis) is 1. The lowest BCUT2D eigenvalue weighted by Crippen LogP contribution is -2.52. The average Bonchev–Trinajstić information content (AvgIpc) is 2.88. The summed E-state index contributed by atoms with van der Waals surface area (Å²) in [5, 5.41) is 24.9. The molecule has 4 N–H and O–H groups in total. The summed E-state index contributed by atoms with van der Waals surface area (Å²) >= 11 is 0. The fraction of sp³-hybridized carbons (Fsp3) is 0.300. The van der Waals surface area contributed by atoms with E-state index in [1.807, 2.05) is 30.3 Å². The molecule has 0 aliphatic heterocycles. The van der Waals surface area contributed by atoms with Gasteiger partial charge < -0.3 is 30.5 Å². The normalized spacial score (nSPS) is 12.6. The number of likely N-dealkylation sites (N-methyl/N-ethyl adjacent to an activating group) is 1. The summed E-state index contributed by atoms with van der Waals surface area (Å²) in [6.45, 7) is 5.40. The number of rotatable bonds is 9. The maximum Gasteiger partial charge on any atom is 0.408 e. The lowest BCUT2D eigenvalue weighted by Gasteiger charge is -2.31. The third-order valence-corrected chi connectivity index (χ3v) is 5.87. The SMILES string of the molecule is CN(C(=O)C(Cc1ccc(O)cc1)NC(=O)OC(C)(C)C)C(C(=O)NCc1ccccc1)c1ccc(O)cc1. The van der Waals surface area contributed by atoms with E-state index in [0.717, 1.165) is 5.56 Å². The van der Waals surface area contributed by atoms with E-state index in [-0.39, 0.29) is 24.5 Å². The number of carbonyl (C=O) groups excluding carboxylic acids is 3. The van der Waals surface area contributed by atoms with Gasteiger partial charge in [-0.1, -0.05) is 54.6 Å². The summed E-state index contributed by atoms with van der Waals surface area (Å²) < 4.78 is 5.38. The number of phenolic OH excluding ortho intramolecular Hbond substituents is 2. The zero-order valence-electron chi connectivity index (χ0n) is 22.5. The van der Waals surface area contributed by atoms with Gasteiger partial charge in [0.1, 0.15) is 29.2 Å². The molecule has 3 amide bonds. The zero-order valence-corrected chi connectivity index (χ0v) is 22.5. The molecular formula is C30H35N3O6. The number of nitrogens with zero attached hydrogens (tertiary/aromatic N) is 1. The van der Waals surface area contributed by atoms with Crippen LogP contribution in [0.2, 0.25) is 0 Å². The number of hydrogen-bond donors (Lipinski definition) is 4. The highest BCUT2D eigenvalue weighted by Crippen LogP contribution is 2.24. The minimum Gasteiger partial charge on any atom is -0.508 e. The van der Waals surface area contributed by atoms with Gasteiger partial charge in [0.2, 0.25) is 11.8 Å². The lowest BCUT2D eigenvalue weighted by atomic mass is 10.0. The van der Waals surface area contributed by atoms with Crippen LogP contribution in [0.5, 0.6) is 11.5 Å². The molecule has 9 nitrogen and oxygen atoms in total. The van der Waals surface area contributed by atoms with Crippen molar-refractivity contribution in [3.8, 4) is 11.5 Å². The van der Waals surface area contributed by atoms with Crippen LogP contribution in [0.25, 0.3) is 0 Å². The van der Waals surface area contributed by atoms with Crippen LogP contribution in [-0.4, -0.2) is 51.7 Å². The Hall–Kier alpha value is -4.53. The number of carbonyl (C=O) groups is 3. The van der Waals surface area contributed by atoms with Gasteiger partial charge in [0, 0.05) is 20.0 Å². The Bertz CT molecular complexity index is 1250. The molecule has 0 fully saturated rings. The molecule has 0 aromatic heterocycles. The molecule has 206 valence electrons. The second kappa shape index (κ2) is 12.8. The van der Waals surface area contributed by atoms with E-state index in [4.69, 9.17) is 4.74 Å². The summed E-state index contributed by atoms with van der Waals surface area (Å²) in [4.78, 5) is 41.3. The second-order valence-electron chi connectivity index (χ2n) is 10.2. The van der Waals surface area contributed by atoms with Gasteiger partial charge in [-0.3, -0.25) is 9.59 Å². The number of aromatic hydroxyl groups is 2. The maximum atomic E-state index is 13.9. The number of phenols is 2. The Morgan fingerprint density at radius 1 is 0.846 bits per heavy atom. The standard InChI is InChI=1S/C30H35N3O6/c1-30(2,3)39-29(38)32-25(18-20-10-14-23(34)15-11-20)28(37)33(4)26(22-12-16-24(35)17-13-22)27(36)31-19-21-8-6-5-7-9-21/h5-17,25-26,34-35H,18-19H2,1-4H3,(H,31,36)(H,32,38). The smallest absolute Gasteiger partial charge is 0.408 e. The fourth-order valence-electron chi connectivity index (χ4n) is 3.98. The van der Waals surface area contributed by atoms with Crippen LogP contribution in [0.4, 0.5) is 4.79 Å². The van der Waals surface area contributed by atoms with E-state index in [2.05, 4.69) is 10.6 Å². The fourth-order valence-corrected chi connectivity index (χ4v) is 3.98. The van der Waals surface area contributed by atoms with Crippen LogP contribution in [0.1, 0.15) is 43.5 Å². The van der Waals surface area contributed by atoms with Crippen LogP contribution in [-0.2, 0) is 27.3 Å². The number of ether oxygens (including phenoxy) is 1. The molecule has 2 atom stereocenters. The summed E-state index contributed by atoms with van der Waals surface area (Å²) in [5.74, 6) is -0.864. The first kappa shape index (κ1) is 29.0. The van der Waals surface area contributed by atoms with Crippen molar-refractivity contribution < 1.29 is 29.3 Å². The largest absolute Gasteiger partial charge is 0.508 e. The van der Waals surface area contributed by atoms with Crippen molar-refractivity contribution in [2.75, 3.05) is 7.05 Å². The van der Waals surface area contributed by atoms with Crippen LogP contribution in [0, 0.1) is 0 Å². The van der Waals surface area contributed by atoms with E-state index in [9.17, 15) is 24.6 Å². The average molecular weight is 534 g/mol. The third kappa shape index (κ3) is 8.77. The first-order chi connectivity index (χ1) is 18.4. The van der Waals surface area contributed by atoms with E-state index in [0.29, 0.717) is 11.1 Å². The molecular weight excluding hydrogens is 498 g/mol. The van der Waals surface area contributed by atoms with Crippen molar-refractivity contribution in [2.24, 2.45) is 0 Å². The van der Waals surface area contributed by atoms with Gasteiger partial charge in [-0.15, -0.1) is 0 Å². The van der Waals surface area contributed by atoms with Crippen molar-refractivity contribution >= 4 is 17.9 Å². The minimum atomic E-state index is -1.07. The van der Waals surface area contributed by atoms with Gasteiger partial charge in [0.25, 0.3) is 0 Å². The molecule has 39 heavy (non-hydrogen) atoms. The third-order valence-electron chi connectivity index (χ3n) is 5.87. The maximum absolute atomic E-state index is 13.9. The van der Waals surface area contributed by atoms with E-state index >= 15 is 0 Å². The van der Waals surface area contributed by atoms with Crippen LogP contribution in [0.15, 0.2) is 78.9 Å². The summed E-state index contributed by atoms with van der Waals surface area (Å²) in [6, 6.07) is 19.5. The molecule has 0 aliphatic carbocycles. The highest BCUT2D eigenvalue weighted by molar-refractivity contribution is 5.92. The summed E-state index contributed by atoms with van der Waals surface area (Å²) in [6.07, 6.45) is -0.681. The monoisotopic (exact) mass is 533 g/mol. The molecule has 0 spiro atoms. The molecule has 2 unspecified atom stereocenters. The van der Waals surface area contributed by atoms with Crippen molar-refractivity contribution in [3.63, 3.8) is 0 Å². The number of benzene rings is 3. The van der Waals surface area contributed by atoms with Crippen molar-refractivity contribution in [1.29, 1.82) is 0 Å². The molecule has 3 aromatic carbocycles. The first-order valence-electron chi connectivity index (χ1n) is 12.6. The second-order valence-corrected chi connectivity index (χ2v) is 10.2. The molecule has 3 aromatic rings. The Kier molecular flexibility index (Phi) is 9.54.